The number of nitrogens with one attached hydrogen (secondary N) is 1. The number of imidazole rings is 1. The highest BCUT2D eigenvalue weighted by atomic mass is 15.1. The van der Waals surface area contributed by atoms with E-state index in [9.17, 15) is 0 Å². The maximum Gasteiger partial charge on any atom is 0.180 e. The van der Waals surface area contributed by atoms with Crippen LogP contribution in [-0.2, 0) is 0 Å². The molecular formula is C20H20N6. The van der Waals surface area contributed by atoms with Crippen LogP contribution in [0.4, 0.5) is 17.2 Å². The molecule has 0 aliphatic carbocycles. The number of aromatic nitrogens is 4. The highest BCUT2D eigenvalue weighted by molar-refractivity contribution is 5.75. The Morgan fingerprint density at radius 3 is 2.65 bits per heavy atom. The second-order valence-electron chi connectivity index (χ2n) is 6.37. The third-order valence-corrected chi connectivity index (χ3v) is 4.26. The minimum atomic E-state index is 0.717. The van der Waals surface area contributed by atoms with Gasteiger partial charge in [-0.3, -0.25) is 9.38 Å². The van der Waals surface area contributed by atoms with Gasteiger partial charge in [0, 0.05) is 55.3 Å². The lowest BCUT2D eigenvalue weighted by Crippen LogP contribution is -2.08. The molecule has 4 aromatic rings. The number of benzene rings is 1. The number of aryl methyl sites for hydroxylation is 1. The maximum absolute atomic E-state index is 4.57. The summed E-state index contributed by atoms with van der Waals surface area (Å²) in [5.74, 6) is 0.717. The molecule has 0 unspecified atom stereocenters. The first-order valence-electron chi connectivity index (χ1n) is 8.41. The van der Waals surface area contributed by atoms with Crippen molar-refractivity contribution in [3.8, 4) is 11.3 Å². The zero-order valence-electron chi connectivity index (χ0n) is 15.0. The van der Waals surface area contributed by atoms with Crippen molar-refractivity contribution >= 4 is 22.8 Å². The quantitative estimate of drug-likeness (QED) is 0.608. The molecule has 0 saturated heterocycles. The molecule has 0 amide bonds. The van der Waals surface area contributed by atoms with E-state index >= 15 is 0 Å². The summed E-state index contributed by atoms with van der Waals surface area (Å²) in [5, 5.41) is 3.38. The van der Waals surface area contributed by atoms with E-state index < -0.39 is 0 Å². The van der Waals surface area contributed by atoms with E-state index in [1.54, 1.807) is 6.20 Å². The molecule has 26 heavy (non-hydrogen) atoms. The first kappa shape index (κ1) is 16.1. The van der Waals surface area contributed by atoms with Crippen molar-refractivity contribution in [3.63, 3.8) is 0 Å². The van der Waals surface area contributed by atoms with E-state index in [4.69, 9.17) is 0 Å². The summed E-state index contributed by atoms with van der Waals surface area (Å²) in [6.07, 6.45) is 7.41. The molecule has 3 aromatic heterocycles. The van der Waals surface area contributed by atoms with Gasteiger partial charge in [-0.25, -0.2) is 9.97 Å². The van der Waals surface area contributed by atoms with Gasteiger partial charge in [0.25, 0.3) is 0 Å². The average molecular weight is 344 g/mol. The van der Waals surface area contributed by atoms with Crippen molar-refractivity contribution in [2.75, 3.05) is 24.3 Å². The predicted molar refractivity (Wildman–Crippen MR) is 105 cm³/mol. The van der Waals surface area contributed by atoms with Crippen molar-refractivity contribution in [3.05, 3.63) is 66.9 Å². The number of nitrogens with zero attached hydrogens (tertiary/aromatic N) is 5. The van der Waals surface area contributed by atoms with Crippen molar-refractivity contribution in [1.82, 2.24) is 19.4 Å². The molecule has 0 radical (unpaired) electrons. The second kappa shape index (κ2) is 6.48. The smallest absolute Gasteiger partial charge is 0.180 e. The van der Waals surface area contributed by atoms with E-state index in [1.165, 1.54) is 0 Å². The summed E-state index contributed by atoms with van der Waals surface area (Å²) in [6.45, 7) is 1.98. The van der Waals surface area contributed by atoms with Gasteiger partial charge in [0.15, 0.2) is 11.5 Å². The van der Waals surface area contributed by atoms with E-state index in [-0.39, 0.29) is 0 Å². The molecule has 4 rings (SSSR count). The fourth-order valence-electron chi connectivity index (χ4n) is 2.84. The van der Waals surface area contributed by atoms with Crippen LogP contribution in [0.25, 0.3) is 16.9 Å². The van der Waals surface area contributed by atoms with Crippen LogP contribution in [0.5, 0.6) is 0 Å². The van der Waals surface area contributed by atoms with Crippen LogP contribution < -0.4 is 10.2 Å². The molecule has 0 fully saturated rings. The lowest BCUT2D eigenvalue weighted by atomic mass is 10.2. The van der Waals surface area contributed by atoms with Crippen LogP contribution in [0.1, 0.15) is 5.69 Å². The van der Waals surface area contributed by atoms with Crippen molar-refractivity contribution in [2.24, 2.45) is 0 Å². The van der Waals surface area contributed by atoms with Gasteiger partial charge >= 0.3 is 0 Å². The van der Waals surface area contributed by atoms with Crippen LogP contribution in [0.2, 0.25) is 0 Å². The molecule has 0 aliphatic rings. The number of rotatable bonds is 4. The van der Waals surface area contributed by atoms with Crippen molar-refractivity contribution < 1.29 is 0 Å². The normalized spacial score (nSPS) is 10.9. The zero-order valence-corrected chi connectivity index (χ0v) is 15.0. The molecule has 0 atom stereocenters. The summed E-state index contributed by atoms with van der Waals surface area (Å²) < 4.78 is 2.03. The van der Waals surface area contributed by atoms with Crippen LogP contribution in [0.3, 0.4) is 0 Å². The van der Waals surface area contributed by atoms with E-state index in [0.717, 1.165) is 39.8 Å². The molecule has 6 nitrogen and oxygen atoms in total. The summed E-state index contributed by atoms with van der Waals surface area (Å²) in [7, 11) is 4.04. The second-order valence-corrected chi connectivity index (χ2v) is 6.37. The third kappa shape index (κ3) is 2.97. The summed E-state index contributed by atoms with van der Waals surface area (Å²) in [6, 6.07) is 12.2. The van der Waals surface area contributed by atoms with Crippen LogP contribution in [0.15, 0.2) is 61.2 Å². The predicted octanol–water partition coefficient (Wildman–Crippen LogP) is 3.91. The van der Waals surface area contributed by atoms with Crippen molar-refractivity contribution in [1.29, 1.82) is 0 Å². The SMILES string of the molecule is Cc1ccc(-c2cnc3c(Nc4cccc(N(C)C)c4)nccn23)cn1. The molecule has 0 bridgehead atoms. The van der Waals surface area contributed by atoms with Crippen LogP contribution in [0, 0.1) is 6.92 Å². The lowest BCUT2D eigenvalue weighted by Gasteiger charge is -2.14. The standard InChI is InChI=1S/C20H20N6/c1-14-7-8-15(12-22-14)18-13-23-20-19(21-9-10-26(18)20)24-16-5-4-6-17(11-16)25(2)3/h4-13H,1-3H3,(H,21,24). The number of anilines is 3. The molecule has 1 aromatic carbocycles. The molecule has 3 heterocycles. The fraction of sp³-hybridized carbons (Fsp3) is 0.150. The molecule has 0 saturated carbocycles. The topological polar surface area (TPSA) is 58.4 Å². The van der Waals surface area contributed by atoms with E-state index in [2.05, 4.69) is 43.4 Å². The molecule has 0 spiro atoms. The van der Waals surface area contributed by atoms with Gasteiger partial charge < -0.3 is 10.2 Å². The number of fused-ring (bicyclic) bond motifs is 1. The van der Waals surface area contributed by atoms with Gasteiger partial charge in [-0.15, -0.1) is 0 Å². The first-order chi connectivity index (χ1) is 12.6. The Morgan fingerprint density at radius 1 is 1.00 bits per heavy atom. The lowest BCUT2D eigenvalue weighted by molar-refractivity contribution is 1.12. The van der Waals surface area contributed by atoms with Crippen LogP contribution >= 0.6 is 0 Å². The summed E-state index contributed by atoms with van der Waals surface area (Å²) in [5.41, 5.74) is 5.87. The molecule has 6 heteroatoms. The van der Waals surface area contributed by atoms with Gasteiger partial charge in [-0.2, -0.15) is 0 Å². The molecule has 130 valence electrons. The Hall–Kier alpha value is -3.41. The largest absolute Gasteiger partial charge is 0.378 e. The highest BCUT2D eigenvalue weighted by Crippen LogP contribution is 2.26. The zero-order chi connectivity index (χ0) is 18.1. The first-order valence-corrected chi connectivity index (χ1v) is 8.41. The average Bonchev–Trinajstić information content (AvgIpc) is 3.08. The Labute approximate surface area is 152 Å². The van der Waals surface area contributed by atoms with E-state index in [1.807, 2.05) is 62.2 Å². The number of hydrogen-bond acceptors (Lipinski definition) is 5. The molecular weight excluding hydrogens is 324 g/mol. The van der Waals surface area contributed by atoms with Gasteiger partial charge in [-0.1, -0.05) is 6.07 Å². The summed E-state index contributed by atoms with van der Waals surface area (Å²) in [4.78, 5) is 15.5. The maximum atomic E-state index is 4.57. The van der Waals surface area contributed by atoms with Gasteiger partial charge in [0.05, 0.1) is 11.9 Å². The molecule has 0 aliphatic heterocycles. The van der Waals surface area contributed by atoms with Crippen LogP contribution in [-0.4, -0.2) is 33.4 Å². The number of hydrogen-bond donors (Lipinski definition) is 1. The third-order valence-electron chi connectivity index (χ3n) is 4.26. The number of pyridine rings is 1. The van der Waals surface area contributed by atoms with E-state index in [0.29, 0.717) is 0 Å². The van der Waals surface area contributed by atoms with Crippen molar-refractivity contribution in [2.45, 2.75) is 6.92 Å². The Kier molecular flexibility index (Phi) is 4.01. The van der Waals surface area contributed by atoms with Gasteiger partial charge in [-0.05, 0) is 37.3 Å². The monoisotopic (exact) mass is 344 g/mol. The van der Waals surface area contributed by atoms with Gasteiger partial charge in [0.1, 0.15) is 0 Å². The molecule has 1 N–H and O–H groups in total. The highest BCUT2D eigenvalue weighted by Gasteiger charge is 2.11. The summed E-state index contributed by atoms with van der Waals surface area (Å²) >= 11 is 0. The Bertz CT molecular complexity index is 1050. The Morgan fingerprint density at radius 2 is 1.88 bits per heavy atom. The fourth-order valence-corrected chi connectivity index (χ4v) is 2.84. The van der Waals surface area contributed by atoms with Gasteiger partial charge in [0.2, 0.25) is 0 Å². The minimum absolute atomic E-state index is 0.717. The Balaban J connectivity index is 1.73. The minimum Gasteiger partial charge on any atom is -0.378 e.